The molecule has 4 nitrogen and oxygen atoms in total. The summed E-state index contributed by atoms with van der Waals surface area (Å²) in [6, 6.07) is 0. The summed E-state index contributed by atoms with van der Waals surface area (Å²) in [5, 5.41) is 0. The Labute approximate surface area is 163 Å². The van der Waals surface area contributed by atoms with Crippen LogP contribution in [0, 0.1) is 0 Å². The van der Waals surface area contributed by atoms with Crippen LogP contribution >= 0.6 is 46.4 Å². The monoisotopic (exact) mass is 420 g/mol. The standard InChI is InChI=1S/C16H24Cl4O4/c1-3-5-7-11-15(17,18)23-13(21)9-10-14(22)24-16(19,20)12-8-6-4-2/h9-10H,3-8,11-12H2,1-2H3/b10-9-. The first-order valence-electron chi connectivity index (χ1n) is 8.01. The zero-order valence-corrected chi connectivity index (χ0v) is 17.0. The Morgan fingerprint density at radius 2 is 1.08 bits per heavy atom. The lowest BCUT2D eigenvalue weighted by Crippen LogP contribution is -2.23. The molecule has 24 heavy (non-hydrogen) atoms. The van der Waals surface area contributed by atoms with E-state index in [9.17, 15) is 9.59 Å². The predicted molar refractivity (Wildman–Crippen MR) is 98.5 cm³/mol. The van der Waals surface area contributed by atoms with Gasteiger partial charge in [0, 0.05) is 25.0 Å². The van der Waals surface area contributed by atoms with Gasteiger partial charge in [-0.2, -0.15) is 0 Å². The van der Waals surface area contributed by atoms with Crippen LogP contribution in [0.15, 0.2) is 12.2 Å². The summed E-state index contributed by atoms with van der Waals surface area (Å²) in [4.78, 5) is 23.2. The average Bonchev–Trinajstić information content (AvgIpc) is 2.44. The SMILES string of the molecule is CCCCCC(Cl)(Cl)OC(=O)/C=C\C(=O)OC(Cl)(Cl)CCCCC. The highest BCUT2D eigenvalue weighted by molar-refractivity contribution is 6.48. The summed E-state index contributed by atoms with van der Waals surface area (Å²) in [7, 11) is 0. The summed E-state index contributed by atoms with van der Waals surface area (Å²) in [5.74, 6) is -1.71. The summed E-state index contributed by atoms with van der Waals surface area (Å²) >= 11 is 23.6. The van der Waals surface area contributed by atoms with Gasteiger partial charge in [-0.15, -0.1) is 0 Å². The van der Waals surface area contributed by atoms with E-state index >= 15 is 0 Å². The maximum absolute atomic E-state index is 11.6. The van der Waals surface area contributed by atoms with Crippen LogP contribution in [0.25, 0.3) is 0 Å². The van der Waals surface area contributed by atoms with Crippen molar-refractivity contribution in [3.63, 3.8) is 0 Å². The summed E-state index contributed by atoms with van der Waals surface area (Å²) in [5.41, 5.74) is 0. The molecule has 0 unspecified atom stereocenters. The Hall–Kier alpha value is -0.160. The fraction of sp³-hybridized carbons (Fsp3) is 0.750. The van der Waals surface area contributed by atoms with E-state index in [0.717, 1.165) is 50.7 Å². The van der Waals surface area contributed by atoms with Gasteiger partial charge in [0.25, 0.3) is 9.04 Å². The quantitative estimate of drug-likeness (QED) is 0.166. The van der Waals surface area contributed by atoms with Crippen LogP contribution in [-0.4, -0.2) is 21.0 Å². The van der Waals surface area contributed by atoms with E-state index in [0.29, 0.717) is 12.8 Å². The molecule has 140 valence electrons. The normalized spacial score (nSPS) is 12.4. The van der Waals surface area contributed by atoms with Crippen LogP contribution in [0.3, 0.4) is 0 Å². The van der Waals surface area contributed by atoms with E-state index in [-0.39, 0.29) is 0 Å². The first-order chi connectivity index (χ1) is 11.1. The minimum atomic E-state index is -1.62. The Bertz CT molecular complexity index is 384. The molecule has 0 N–H and O–H groups in total. The Kier molecular flexibility index (Phi) is 12.2. The van der Waals surface area contributed by atoms with Crippen LogP contribution in [0.1, 0.15) is 65.2 Å². The molecule has 0 atom stereocenters. The molecule has 0 amide bonds. The molecular weight excluding hydrogens is 398 g/mol. The molecule has 0 aliphatic heterocycles. The number of unbranched alkanes of at least 4 members (excludes halogenated alkanes) is 4. The third-order valence-corrected chi connectivity index (χ3v) is 4.06. The molecule has 0 spiro atoms. The third-order valence-electron chi connectivity index (χ3n) is 3.00. The summed E-state index contributed by atoms with van der Waals surface area (Å²) < 4.78 is 6.51. The molecular formula is C16H24Cl4O4. The molecule has 0 aliphatic rings. The van der Waals surface area contributed by atoms with E-state index in [1.165, 1.54) is 0 Å². The van der Waals surface area contributed by atoms with Crippen molar-refractivity contribution < 1.29 is 19.1 Å². The van der Waals surface area contributed by atoms with Gasteiger partial charge in [-0.3, -0.25) is 0 Å². The van der Waals surface area contributed by atoms with Crippen molar-refractivity contribution in [1.82, 2.24) is 0 Å². The molecule has 0 rings (SSSR count). The summed E-state index contributed by atoms with van der Waals surface area (Å²) in [6.07, 6.45) is 7.62. The van der Waals surface area contributed by atoms with Gasteiger partial charge in [-0.1, -0.05) is 85.9 Å². The number of hydrogen-bond acceptors (Lipinski definition) is 4. The minimum absolute atomic E-state index is 0.303. The van der Waals surface area contributed by atoms with Gasteiger partial charge in [0.1, 0.15) is 0 Å². The van der Waals surface area contributed by atoms with Gasteiger partial charge in [0.2, 0.25) is 0 Å². The first kappa shape index (κ1) is 23.8. The smallest absolute Gasteiger partial charge is 0.333 e. The van der Waals surface area contributed by atoms with Gasteiger partial charge < -0.3 is 9.47 Å². The number of halogens is 4. The number of hydrogen-bond donors (Lipinski definition) is 0. The molecule has 8 heteroatoms. The lowest BCUT2D eigenvalue weighted by atomic mass is 10.2. The minimum Gasteiger partial charge on any atom is -0.426 e. The Morgan fingerprint density at radius 1 is 0.750 bits per heavy atom. The molecule has 0 aromatic heterocycles. The summed E-state index contributed by atoms with van der Waals surface area (Å²) in [6.45, 7) is 4.06. The lowest BCUT2D eigenvalue weighted by Gasteiger charge is -2.19. The van der Waals surface area contributed by atoms with E-state index in [1.54, 1.807) is 0 Å². The number of rotatable bonds is 12. The van der Waals surface area contributed by atoms with Gasteiger partial charge in [0.05, 0.1) is 0 Å². The molecule has 0 radical (unpaired) electrons. The van der Waals surface area contributed by atoms with Gasteiger partial charge in [0.15, 0.2) is 0 Å². The van der Waals surface area contributed by atoms with E-state index in [1.807, 2.05) is 13.8 Å². The van der Waals surface area contributed by atoms with Crippen LogP contribution in [0.5, 0.6) is 0 Å². The van der Waals surface area contributed by atoms with Crippen LogP contribution in [-0.2, 0) is 19.1 Å². The van der Waals surface area contributed by atoms with Crippen molar-refractivity contribution >= 4 is 58.3 Å². The number of alkyl halides is 4. The lowest BCUT2D eigenvalue weighted by molar-refractivity contribution is -0.144. The zero-order chi connectivity index (χ0) is 18.6. The number of esters is 2. The largest absolute Gasteiger partial charge is 0.426 e. The maximum Gasteiger partial charge on any atom is 0.333 e. The molecule has 0 heterocycles. The molecule has 0 aromatic rings. The molecule has 0 aromatic carbocycles. The second kappa shape index (κ2) is 12.2. The second-order valence-electron chi connectivity index (χ2n) is 5.36. The van der Waals surface area contributed by atoms with Crippen molar-refractivity contribution in [3.05, 3.63) is 12.2 Å². The van der Waals surface area contributed by atoms with E-state index < -0.39 is 21.0 Å². The van der Waals surface area contributed by atoms with Crippen LogP contribution < -0.4 is 0 Å². The number of carbonyl (C=O) groups is 2. The predicted octanol–water partition coefficient (Wildman–Crippen LogP) is 6.05. The van der Waals surface area contributed by atoms with Crippen molar-refractivity contribution in [2.45, 2.75) is 74.3 Å². The second-order valence-corrected chi connectivity index (χ2v) is 8.19. The number of carbonyl (C=O) groups excluding carboxylic acids is 2. The highest BCUT2D eigenvalue weighted by Gasteiger charge is 2.29. The fourth-order valence-corrected chi connectivity index (χ4v) is 2.60. The van der Waals surface area contributed by atoms with Gasteiger partial charge in [-0.05, 0) is 12.8 Å². The Balaban J connectivity index is 4.30. The molecule has 0 bridgehead atoms. The van der Waals surface area contributed by atoms with E-state index in [2.05, 4.69) is 0 Å². The zero-order valence-electron chi connectivity index (χ0n) is 14.0. The van der Waals surface area contributed by atoms with Crippen LogP contribution in [0.2, 0.25) is 0 Å². The highest BCUT2D eigenvalue weighted by Crippen LogP contribution is 2.30. The van der Waals surface area contributed by atoms with Crippen molar-refractivity contribution in [2.75, 3.05) is 0 Å². The van der Waals surface area contributed by atoms with Gasteiger partial charge >= 0.3 is 11.9 Å². The van der Waals surface area contributed by atoms with E-state index in [4.69, 9.17) is 55.9 Å². The average molecular weight is 422 g/mol. The first-order valence-corrected chi connectivity index (χ1v) is 9.52. The Morgan fingerprint density at radius 3 is 1.38 bits per heavy atom. The highest BCUT2D eigenvalue weighted by atomic mass is 35.5. The molecule has 0 aliphatic carbocycles. The van der Waals surface area contributed by atoms with Crippen molar-refractivity contribution in [2.24, 2.45) is 0 Å². The topological polar surface area (TPSA) is 52.6 Å². The maximum atomic E-state index is 11.6. The molecule has 0 saturated heterocycles. The van der Waals surface area contributed by atoms with Gasteiger partial charge in [-0.25, -0.2) is 9.59 Å². The van der Waals surface area contributed by atoms with Crippen molar-refractivity contribution in [1.29, 1.82) is 0 Å². The molecule has 0 fully saturated rings. The molecule has 0 saturated carbocycles. The van der Waals surface area contributed by atoms with Crippen molar-refractivity contribution in [3.8, 4) is 0 Å². The third kappa shape index (κ3) is 13.2. The number of ether oxygens (including phenoxy) is 2. The van der Waals surface area contributed by atoms with Crippen LogP contribution in [0.4, 0.5) is 0 Å². The fourth-order valence-electron chi connectivity index (χ4n) is 1.76.